The third-order valence-corrected chi connectivity index (χ3v) is 4.72. The van der Waals surface area contributed by atoms with Gasteiger partial charge in [-0.25, -0.2) is 0 Å². The molecule has 0 aromatic rings. The van der Waals surface area contributed by atoms with Gasteiger partial charge >= 0.3 is 5.97 Å². The molecule has 0 radical (unpaired) electrons. The van der Waals surface area contributed by atoms with Crippen LogP contribution in [0.25, 0.3) is 0 Å². The molecule has 0 spiro atoms. The Morgan fingerprint density at radius 3 is 2.88 bits per heavy atom. The quantitative estimate of drug-likeness (QED) is 0.742. The van der Waals surface area contributed by atoms with E-state index < -0.39 is 22.0 Å². The van der Waals surface area contributed by atoms with Crippen LogP contribution in [0.3, 0.4) is 0 Å². The molecule has 0 aromatic heterocycles. The second-order valence-corrected chi connectivity index (χ2v) is 5.84. The van der Waals surface area contributed by atoms with E-state index in [-0.39, 0.29) is 0 Å². The monoisotopic (exact) mass is 248 g/mol. The maximum Gasteiger partial charge on any atom is 0.319 e. The molecule has 0 amide bonds. The minimum absolute atomic E-state index is 0.307. The molecule has 1 saturated heterocycles. The van der Waals surface area contributed by atoms with Crippen molar-refractivity contribution < 1.29 is 18.8 Å². The van der Waals surface area contributed by atoms with Gasteiger partial charge in [0, 0.05) is 23.2 Å². The van der Waals surface area contributed by atoms with Gasteiger partial charge < -0.3 is 9.84 Å². The minimum atomic E-state index is -1.24. The molecule has 94 valence electrons. The van der Waals surface area contributed by atoms with Crippen LogP contribution in [0.5, 0.6) is 0 Å². The Balaban J connectivity index is 2.20. The molecule has 0 saturated carbocycles. The number of rotatable bonds is 7. The summed E-state index contributed by atoms with van der Waals surface area (Å²) in [5.74, 6) is -0.469. The first kappa shape index (κ1) is 13.6. The molecule has 3 atom stereocenters. The first-order valence-electron chi connectivity index (χ1n) is 5.86. The summed E-state index contributed by atoms with van der Waals surface area (Å²) in [6, 6.07) is 0. The molecule has 1 rings (SSSR count). The number of hydrogen-bond donors (Lipinski definition) is 1. The highest BCUT2D eigenvalue weighted by Gasteiger charge is 2.22. The molecule has 1 fully saturated rings. The third-order valence-electron chi connectivity index (χ3n) is 2.86. The Kier molecular flexibility index (Phi) is 5.98. The predicted molar refractivity (Wildman–Crippen MR) is 62.9 cm³/mol. The van der Waals surface area contributed by atoms with Crippen molar-refractivity contribution in [2.24, 2.45) is 0 Å². The Labute approximate surface area is 98.8 Å². The van der Waals surface area contributed by atoms with E-state index in [1.54, 1.807) is 6.92 Å². The van der Waals surface area contributed by atoms with Crippen LogP contribution < -0.4 is 0 Å². The van der Waals surface area contributed by atoms with Crippen LogP contribution in [0.1, 0.15) is 39.0 Å². The van der Waals surface area contributed by atoms with Crippen molar-refractivity contribution in [1.29, 1.82) is 0 Å². The van der Waals surface area contributed by atoms with Gasteiger partial charge in [0.2, 0.25) is 0 Å². The maximum absolute atomic E-state index is 11.7. The van der Waals surface area contributed by atoms with Gasteiger partial charge in [-0.1, -0.05) is 6.92 Å². The van der Waals surface area contributed by atoms with E-state index >= 15 is 0 Å². The van der Waals surface area contributed by atoms with E-state index in [0.29, 0.717) is 18.3 Å². The third kappa shape index (κ3) is 4.22. The predicted octanol–water partition coefficient (Wildman–Crippen LogP) is 1.56. The van der Waals surface area contributed by atoms with Crippen molar-refractivity contribution in [2.45, 2.75) is 50.4 Å². The van der Waals surface area contributed by atoms with E-state index in [1.165, 1.54) is 0 Å². The fourth-order valence-corrected chi connectivity index (χ4v) is 3.27. The highest BCUT2D eigenvalue weighted by molar-refractivity contribution is 7.86. The van der Waals surface area contributed by atoms with Crippen LogP contribution in [-0.2, 0) is 20.3 Å². The highest BCUT2D eigenvalue weighted by Crippen LogP contribution is 2.17. The zero-order chi connectivity index (χ0) is 12.0. The van der Waals surface area contributed by atoms with Crippen LogP contribution in [0.2, 0.25) is 0 Å². The number of aliphatic carboxylic acids is 1. The van der Waals surface area contributed by atoms with Crippen molar-refractivity contribution in [3.8, 4) is 0 Å². The van der Waals surface area contributed by atoms with Crippen molar-refractivity contribution in [3.63, 3.8) is 0 Å². The fraction of sp³-hybridized carbons (Fsp3) is 0.909. The summed E-state index contributed by atoms with van der Waals surface area (Å²) in [6.07, 6.45) is 4.63. The summed E-state index contributed by atoms with van der Waals surface area (Å²) in [5, 5.41) is 8.13. The minimum Gasteiger partial charge on any atom is -0.480 e. The molecule has 1 aliphatic heterocycles. The lowest BCUT2D eigenvalue weighted by molar-refractivity contribution is -0.136. The summed E-state index contributed by atoms with van der Waals surface area (Å²) >= 11 is 0. The zero-order valence-corrected chi connectivity index (χ0v) is 10.5. The molecular weight excluding hydrogens is 228 g/mol. The number of carboxylic acid groups (broad SMARTS) is 1. The van der Waals surface area contributed by atoms with Gasteiger partial charge in [0.05, 0.1) is 6.10 Å². The van der Waals surface area contributed by atoms with E-state index in [0.717, 1.165) is 32.3 Å². The topological polar surface area (TPSA) is 63.6 Å². The average molecular weight is 248 g/mol. The van der Waals surface area contributed by atoms with Gasteiger partial charge in [0.25, 0.3) is 0 Å². The molecule has 5 heteroatoms. The second kappa shape index (κ2) is 7.01. The standard InChI is InChI=1S/C11H20O4S/c1-2-10(11(12)13)16(14)8-4-6-9-5-3-7-15-9/h9-10H,2-8H2,1H3,(H,12,13). The second-order valence-electron chi connectivity index (χ2n) is 4.10. The highest BCUT2D eigenvalue weighted by atomic mass is 32.2. The molecule has 0 bridgehead atoms. The number of ether oxygens (including phenoxy) is 1. The largest absolute Gasteiger partial charge is 0.480 e. The van der Waals surface area contributed by atoms with E-state index in [1.807, 2.05) is 0 Å². The average Bonchev–Trinajstić information content (AvgIpc) is 2.71. The van der Waals surface area contributed by atoms with Gasteiger partial charge in [-0.2, -0.15) is 0 Å². The van der Waals surface area contributed by atoms with Crippen LogP contribution in [-0.4, -0.2) is 39.0 Å². The molecule has 1 heterocycles. The summed E-state index contributed by atoms with van der Waals surface area (Å²) in [4.78, 5) is 10.8. The van der Waals surface area contributed by atoms with Crippen molar-refractivity contribution >= 4 is 16.8 Å². The molecule has 0 aromatic carbocycles. The molecule has 1 aliphatic rings. The van der Waals surface area contributed by atoms with E-state index in [4.69, 9.17) is 9.84 Å². The molecule has 0 aliphatic carbocycles. The Morgan fingerprint density at radius 1 is 1.62 bits per heavy atom. The van der Waals surface area contributed by atoms with Gasteiger partial charge in [0.1, 0.15) is 5.25 Å². The Hall–Kier alpha value is -0.420. The smallest absolute Gasteiger partial charge is 0.319 e. The zero-order valence-electron chi connectivity index (χ0n) is 9.68. The molecule has 16 heavy (non-hydrogen) atoms. The van der Waals surface area contributed by atoms with Crippen molar-refractivity contribution in [3.05, 3.63) is 0 Å². The van der Waals surface area contributed by atoms with Gasteiger partial charge in [0.15, 0.2) is 0 Å². The van der Waals surface area contributed by atoms with Crippen LogP contribution in [0.15, 0.2) is 0 Å². The molecule has 4 nitrogen and oxygen atoms in total. The maximum atomic E-state index is 11.7. The number of carboxylic acids is 1. The molecular formula is C11H20O4S. The summed E-state index contributed by atoms with van der Waals surface area (Å²) in [6.45, 7) is 2.59. The SMILES string of the molecule is CCC(C(=O)O)S(=O)CCCC1CCCO1. The normalized spacial score (nSPS) is 24.2. The van der Waals surface area contributed by atoms with Gasteiger partial charge in [-0.05, 0) is 32.1 Å². The van der Waals surface area contributed by atoms with E-state index in [2.05, 4.69) is 0 Å². The lowest BCUT2D eigenvalue weighted by atomic mass is 10.1. The van der Waals surface area contributed by atoms with Gasteiger partial charge in [-0.15, -0.1) is 0 Å². The van der Waals surface area contributed by atoms with Crippen molar-refractivity contribution in [2.75, 3.05) is 12.4 Å². The summed E-state index contributed by atoms with van der Waals surface area (Å²) in [7, 11) is -1.24. The number of hydrogen-bond acceptors (Lipinski definition) is 3. The summed E-state index contributed by atoms with van der Waals surface area (Å²) < 4.78 is 17.1. The van der Waals surface area contributed by atoms with Crippen molar-refractivity contribution in [1.82, 2.24) is 0 Å². The fourth-order valence-electron chi connectivity index (χ4n) is 1.94. The first-order chi connectivity index (χ1) is 7.65. The first-order valence-corrected chi connectivity index (χ1v) is 7.25. The Morgan fingerprint density at radius 2 is 2.38 bits per heavy atom. The van der Waals surface area contributed by atoms with Crippen LogP contribution in [0, 0.1) is 0 Å². The lowest BCUT2D eigenvalue weighted by Crippen LogP contribution is -2.26. The number of carbonyl (C=O) groups is 1. The Bertz CT molecular complexity index is 248. The lowest BCUT2D eigenvalue weighted by Gasteiger charge is -2.11. The van der Waals surface area contributed by atoms with Gasteiger partial charge in [-0.3, -0.25) is 9.00 Å². The van der Waals surface area contributed by atoms with Crippen LogP contribution in [0.4, 0.5) is 0 Å². The summed E-state index contributed by atoms with van der Waals surface area (Å²) in [5.41, 5.74) is 0. The van der Waals surface area contributed by atoms with E-state index in [9.17, 15) is 9.00 Å². The van der Waals surface area contributed by atoms with Crippen LogP contribution >= 0.6 is 0 Å². The molecule has 1 N–H and O–H groups in total. The molecule has 3 unspecified atom stereocenters.